The van der Waals surface area contributed by atoms with Gasteiger partial charge in [0.25, 0.3) is 5.91 Å². The first-order valence-corrected chi connectivity index (χ1v) is 10.4. The normalized spacial score (nSPS) is 15.7. The Kier molecular flexibility index (Phi) is 7.13. The second-order valence-corrected chi connectivity index (χ2v) is 8.05. The average molecular weight is 415 g/mol. The van der Waals surface area contributed by atoms with Crippen LogP contribution in [0, 0.1) is 19.8 Å². The Labute approximate surface area is 177 Å². The molecule has 30 heavy (non-hydrogen) atoms. The monoisotopic (exact) mass is 414 g/mol. The highest BCUT2D eigenvalue weighted by Crippen LogP contribution is 2.19. The molecule has 162 valence electrons. The number of carbonyl (C=O) groups is 2. The van der Waals surface area contributed by atoms with Gasteiger partial charge in [-0.15, -0.1) is 0 Å². The third-order valence-corrected chi connectivity index (χ3v) is 5.59. The van der Waals surface area contributed by atoms with Gasteiger partial charge in [0, 0.05) is 13.1 Å². The molecule has 2 heterocycles. The maximum Gasteiger partial charge on any atom is 0.311 e. The number of piperidine rings is 1. The zero-order chi connectivity index (χ0) is 21.7. The molecule has 1 saturated heterocycles. The number of hydrogen-bond acceptors (Lipinski definition) is 6. The summed E-state index contributed by atoms with van der Waals surface area (Å²) in [4.78, 5) is 26.5. The predicted octanol–water partition coefficient (Wildman–Crippen LogP) is 3.60. The smallest absolute Gasteiger partial charge is 0.311 e. The van der Waals surface area contributed by atoms with Gasteiger partial charge < -0.3 is 18.9 Å². The number of amides is 1. The zero-order valence-corrected chi connectivity index (χ0v) is 18.1. The number of likely N-dealkylation sites (tertiary alicyclic amines) is 1. The van der Waals surface area contributed by atoms with E-state index in [1.165, 1.54) is 0 Å². The van der Waals surface area contributed by atoms with Gasteiger partial charge in [-0.1, -0.05) is 24.2 Å². The Balaban J connectivity index is 1.46. The average Bonchev–Trinajstić information content (AvgIpc) is 3.05. The minimum atomic E-state index is -0.761. The summed E-state index contributed by atoms with van der Waals surface area (Å²) in [6, 6.07) is 7.26. The quantitative estimate of drug-likeness (QED) is 0.644. The van der Waals surface area contributed by atoms with Gasteiger partial charge in [-0.05, 0) is 57.2 Å². The molecule has 0 radical (unpaired) electrons. The third kappa shape index (κ3) is 5.62. The van der Waals surface area contributed by atoms with E-state index in [1.807, 2.05) is 38.1 Å². The summed E-state index contributed by atoms with van der Waals surface area (Å²) in [5, 5.41) is 3.91. The van der Waals surface area contributed by atoms with Crippen LogP contribution in [-0.4, -0.2) is 41.1 Å². The number of ether oxygens (including phenoxy) is 2. The van der Waals surface area contributed by atoms with Gasteiger partial charge in [0.1, 0.15) is 18.1 Å². The number of aromatic nitrogens is 1. The van der Waals surface area contributed by atoms with Gasteiger partial charge in [-0.25, -0.2) is 0 Å². The Hall–Kier alpha value is -2.83. The molecular weight excluding hydrogens is 384 g/mol. The maximum absolute atomic E-state index is 12.5. The van der Waals surface area contributed by atoms with Gasteiger partial charge in [-0.2, -0.15) is 0 Å². The van der Waals surface area contributed by atoms with Crippen molar-refractivity contribution >= 4 is 11.9 Å². The van der Waals surface area contributed by atoms with E-state index in [1.54, 1.807) is 11.8 Å². The van der Waals surface area contributed by atoms with E-state index in [2.05, 4.69) is 12.1 Å². The van der Waals surface area contributed by atoms with Crippen LogP contribution in [0.25, 0.3) is 0 Å². The topological polar surface area (TPSA) is 81.9 Å². The third-order valence-electron chi connectivity index (χ3n) is 5.59. The van der Waals surface area contributed by atoms with Gasteiger partial charge in [0.05, 0.1) is 17.7 Å². The Morgan fingerprint density at radius 3 is 2.47 bits per heavy atom. The number of nitrogens with zero attached hydrogens (tertiary/aromatic N) is 2. The fourth-order valence-corrected chi connectivity index (χ4v) is 3.51. The second kappa shape index (κ2) is 9.78. The van der Waals surface area contributed by atoms with Crippen molar-refractivity contribution < 1.29 is 23.6 Å². The van der Waals surface area contributed by atoms with Gasteiger partial charge in [-0.3, -0.25) is 9.59 Å². The number of rotatable bonds is 7. The highest BCUT2D eigenvalue weighted by atomic mass is 16.5. The minimum Gasteiger partial charge on any atom is -0.489 e. The fourth-order valence-electron chi connectivity index (χ4n) is 3.51. The molecule has 1 fully saturated rings. The molecule has 1 atom stereocenters. The number of hydrogen-bond donors (Lipinski definition) is 0. The van der Waals surface area contributed by atoms with Crippen molar-refractivity contribution in [2.45, 2.75) is 59.7 Å². The van der Waals surface area contributed by atoms with Gasteiger partial charge in [0.2, 0.25) is 0 Å². The molecule has 7 nitrogen and oxygen atoms in total. The lowest BCUT2D eigenvalue weighted by atomic mass is 9.99. The summed E-state index contributed by atoms with van der Waals surface area (Å²) in [6.07, 6.45) is 1.34. The van der Waals surface area contributed by atoms with Crippen LogP contribution in [-0.2, 0) is 27.4 Å². The number of benzene rings is 1. The molecule has 0 spiro atoms. The molecule has 1 amide bonds. The molecule has 0 N–H and O–H groups in total. The minimum absolute atomic E-state index is 0.110. The molecule has 0 aliphatic carbocycles. The summed E-state index contributed by atoms with van der Waals surface area (Å²) in [5.74, 6) is 1.55. The van der Waals surface area contributed by atoms with E-state index in [0.29, 0.717) is 18.3 Å². The molecule has 2 aromatic rings. The van der Waals surface area contributed by atoms with Crippen LogP contribution in [0.15, 0.2) is 28.8 Å². The molecule has 1 aliphatic rings. The highest BCUT2D eigenvalue weighted by Gasteiger charge is 2.26. The van der Waals surface area contributed by atoms with Gasteiger partial charge in [0.15, 0.2) is 6.10 Å². The molecule has 3 rings (SSSR count). The van der Waals surface area contributed by atoms with Crippen molar-refractivity contribution in [1.82, 2.24) is 10.1 Å². The lowest BCUT2D eigenvalue weighted by Crippen LogP contribution is -2.44. The van der Waals surface area contributed by atoms with Crippen LogP contribution in [0.2, 0.25) is 0 Å². The number of esters is 1. The predicted molar refractivity (Wildman–Crippen MR) is 111 cm³/mol. The Morgan fingerprint density at radius 2 is 1.87 bits per heavy atom. The summed E-state index contributed by atoms with van der Waals surface area (Å²) >= 11 is 0. The molecule has 1 aromatic carbocycles. The summed E-state index contributed by atoms with van der Waals surface area (Å²) in [7, 11) is 0. The fraction of sp³-hybridized carbons (Fsp3) is 0.522. The first kappa shape index (κ1) is 21.9. The Morgan fingerprint density at radius 1 is 1.20 bits per heavy atom. The largest absolute Gasteiger partial charge is 0.489 e. The highest BCUT2D eigenvalue weighted by molar-refractivity contribution is 5.84. The van der Waals surface area contributed by atoms with Crippen molar-refractivity contribution in [3.63, 3.8) is 0 Å². The van der Waals surface area contributed by atoms with E-state index in [-0.39, 0.29) is 12.3 Å². The van der Waals surface area contributed by atoms with Crippen molar-refractivity contribution in [1.29, 1.82) is 0 Å². The van der Waals surface area contributed by atoms with Gasteiger partial charge >= 0.3 is 5.97 Å². The maximum atomic E-state index is 12.5. The van der Waals surface area contributed by atoms with Crippen LogP contribution in [0.4, 0.5) is 0 Å². The molecule has 0 saturated carbocycles. The van der Waals surface area contributed by atoms with Crippen LogP contribution in [0.3, 0.4) is 0 Å². The first-order chi connectivity index (χ1) is 14.3. The van der Waals surface area contributed by atoms with E-state index in [0.717, 1.165) is 48.5 Å². The zero-order valence-electron chi connectivity index (χ0n) is 18.1. The number of carbonyl (C=O) groups excluding carboxylic acids is 2. The van der Waals surface area contributed by atoms with Crippen LogP contribution in [0.1, 0.15) is 49.3 Å². The van der Waals surface area contributed by atoms with E-state index < -0.39 is 12.1 Å². The first-order valence-electron chi connectivity index (χ1n) is 10.4. The SMILES string of the molecule is Cc1noc(C)c1COc1ccc(CC(=O)O[C@H](C)C(=O)N2CCC(C)CC2)cc1. The lowest BCUT2D eigenvalue weighted by Gasteiger charge is -2.31. The van der Waals surface area contributed by atoms with Crippen molar-refractivity contribution in [2.24, 2.45) is 5.92 Å². The van der Waals surface area contributed by atoms with E-state index >= 15 is 0 Å². The summed E-state index contributed by atoms with van der Waals surface area (Å²) in [5.41, 5.74) is 2.55. The van der Waals surface area contributed by atoms with Crippen molar-refractivity contribution in [2.75, 3.05) is 13.1 Å². The molecule has 7 heteroatoms. The summed E-state index contributed by atoms with van der Waals surface area (Å²) < 4.78 is 16.3. The molecule has 1 aromatic heterocycles. The van der Waals surface area contributed by atoms with Crippen LogP contribution < -0.4 is 4.74 Å². The van der Waals surface area contributed by atoms with Crippen LogP contribution >= 0.6 is 0 Å². The van der Waals surface area contributed by atoms with Crippen molar-refractivity contribution in [3.05, 3.63) is 46.8 Å². The van der Waals surface area contributed by atoms with E-state index in [9.17, 15) is 9.59 Å². The number of aryl methyl sites for hydroxylation is 2. The molecule has 0 bridgehead atoms. The van der Waals surface area contributed by atoms with E-state index in [4.69, 9.17) is 14.0 Å². The molecule has 1 aliphatic heterocycles. The summed E-state index contributed by atoms with van der Waals surface area (Å²) in [6.45, 7) is 9.40. The standard InChI is InChI=1S/C23H30N2O5/c1-15-9-11-25(12-10-15)23(27)18(4)29-22(26)13-19-5-7-20(8-6-19)28-14-21-16(2)24-30-17(21)3/h5-8,15,18H,9-14H2,1-4H3/t18-/m1/s1. The molecule has 0 unspecified atom stereocenters. The van der Waals surface area contributed by atoms with Crippen LogP contribution in [0.5, 0.6) is 5.75 Å². The lowest BCUT2D eigenvalue weighted by molar-refractivity contribution is -0.159. The molecular formula is C23H30N2O5. The van der Waals surface area contributed by atoms with Crippen molar-refractivity contribution in [3.8, 4) is 5.75 Å². The second-order valence-electron chi connectivity index (χ2n) is 8.05. The Bertz CT molecular complexity index is 847.